The van der Waals surface area contributed by atoms with E-state index in [-0.39, 0.29) is 0 Å². The largest absolute Gasteiger partial charge is 0.416 e. The second-order valence-electron chi connectivity index (χ2n) is 3.71. The first-order valence-electron chi connectivity index (χ1n) is 5.62. The van der Waals surface area contributed by atoms with Gasteiger partial charge in [-0.05, 0) is 30.5 Å². The van der Waals surface area contributed by atoms with Gasteiger partial charge in [-0.25, -0.2) is 4.98 Å². The molecule has 19 heavy (non-hydrogen) atoms. The smallest absolute Gasteiger partial charge is 0.250 e. The molecule has 0 saturated heterocycles. The zero-order valence-electron chi connectivity index (χ0n) is 10.1. The molecule has 3 aromatic heterocycles. The summed E-state index contributed by atoms with van der Waals surface area (Å²) >= 11 is 1.54. The predicted molar refractivity (Wildman–Crippen MR) is 72.5 cm³/mol. The lowest BCUT2D eigenvalue weighted by atomic mass is 10.3. The topological polar surface area (TPSA) is 64.7 Å². The van der Waals surface area contributed by atoms with Crippen LogP contribution >= 0.6 is 11.8 Å². The molecule has 0 N–H and O–H groups in total. The van der Waals surface area contributed by atoms with Gasteiger partial charge >= 0.3 is 0 Å². The molecule has 0 atom stereocenters. The fourth-order valence-electron chi connectivity index (χ4n) is 1.65. The summed E-state index contributed by atoms with van der Waals surface area (Å²) in [5.74, 6) is 0.926. The second-order valence-corrected chi connectivity index (χ2v) is 4.51. The Labute approximate surface area is 114 Å². The van der Waals surface area contributed by atoms with Gasteiger partial charge < -0.3 is 4.42 Å². The lowest BCUT2D eigenvalue weighted by molar-refractivity contribution is 0.582. The maximum absolute atomic E-state index is 5.68. The molecule has 6 heteroatoms. The van der Waals surface area contributed by atoms with E-state index in [4.69, 9.17) is 4.42 Å². The van der Waals surface area contributed by atoms with Gasteiger partial charge in [-0.3, -0.25) is 4.98 Å². The zero-order chi connectivity index (χ0) is 13.1. The molecular weight excluding hydrogens is 260 g/mol. The van der Waals surface area contributed by atoms with Crippen LogP contribution in [0.4, 0.5) is 0 Å². The lowest BCUT2D eigenvalue weighted by Gasteiger charge is -2.00. The van der Waals surface area contributed by atoms with E-state index < -0.39 is 0 Å². The van der Waals surface area contributed by atoms with E-state index >= 15 is 0 Å². The first kappa shape index (κ1) is 11.9. The van der Waals surface area contributed by atoms with Crippen molar-refractivity contribution in [3.8, 4) is 22.9 Å². The molecule has 3 heterocycles. The molecule has 0 aliphatic heterocycles. The fourth-order valence-corrected chi connectivity index (χ4v) is 2.20. The molecule has 0 aromatic carbocycles. The van der Waals surface area contributed by atoms with Crippen LogP contribution < -0.4 is 0 Å². The molecule has 0 amide bonds. The van der Waals surface area contributed by atoms with E-state index in [1.807, 2.05) is 30.5 Å². The monoisotopic (exact) mass is 270 g/mol. The van der Waals surface area contributed by atoms with E-state index in [0.717, 1.165) is 16.2 Å². The van der Waals surface area contributed by atoms with Gasteiger partial charge in [0, 0.05) is 18.6 Å². The van der Waals surface area contributed by atoms with E-state index in [2.05, 4.69) is 20.2 Å². The number of hydrogen-bond acceptors (Lipinski definition) is 6. The van der Waals surface area contributed by atoms with Gasteiger partial charge in [0.25, 0.3) is 5.89 Å². The minimum absolute atomic E-state index is 0.457. The van der Waals surface area contributed by atoms with Crippen molar-refractivity contribution in [2.45, 2.75) is 5.03 Å². The summed E-state index contributed by atoms with van der Waals surface area (Å²) < 4.78 is 5.68. The van der Waals surface area contributed by atoms with Crippen molar-refractivity contribution in [2.75, 3.05) is 6.26 Å². The van der Waals surface area contributed by atoms with Crippen LogP contribution in [0.3, 0.4) is 0 Å². The molecule has 5 nitrogen and oxygen atoms in total. The van der Waals surface area contributed by atoms with Gasteiger partial charge in [0.05, 0.1) is 11.1 Å². The van der Waals surface area contributed by atoms with Crippen LogP contribution in [0.5, 0.6) is 0 Å². The molecule has 0 aliphatic carbocycles. The molecule has 0 unspecified atom stereocenters. The standard InChI is InChI=1S/C13H10N4OS/c1-19-13-10(5-3-7-15-13)12-17-16-11(18-12)9-4-2-6-14-8-9/h2-8H,1H3. The third-order valence-electron chi connectivity index (χ3n) is 2.53. The summed E-state index contributed by atoms with van der Waals surface area (Å²) in [7, 11) is 0. The van der Waals surface area contributed by atoms with Gasteiger partial charge in [-0.2, -0.15) is 0 Å². The number of pyridine rings is 2. The van der Waals surface area contributed by atoms with Gasteiger partial charge in [-0.1, -0.05) is 0 Å². The van der Waals surface area contributed by atoms with E-state index in [1.54, 1.807) is 30.4 Å². The zero-order valence-corrected chi connectivity index (χ0v) is 11.0. The van der Waals surface area contributed by atoms with Gasteiger partial charge in [0.15, 0.2) is 0 Å². The van der Waals surface area contributed by atoms with Crippen LogP contribution in [-0.2, 0) is 0 Å². The maximum atomic E-state index is 5.68. The summed E-state index contributed by atoms with van der Waals surface area (Å²) in [5, 5.41) is 8.98. The number of thioether (sulfide) groups is 1. The van der Waals surface area contributed by atoms with Crippen LogP contribution in [0.1, 0.15) is 0 Å². The molecule has 3 aromatic rings. The number of nitrogens with zero attached hydrogens (tertiary/aromatic N) is 4. The summed E-state index contributed by atoms with van der Waals surface area (Å²) in [6, 6.07) is 7.47. The normalized spacial score (nSPS) is 10.6. The maximum Gasteiger partial charge on any atom is 0.250 e. The molecule has 0 aliphatic rings. The average Bonchev–Trinajstić information content (AvgIpc) is 2.98. The Hall–Kier alpha value is -2.21. The average molecular weight is 270 g/mol. The quantitative estimate of drug-likeness (QED) is 0.682. The molecule has 0 radical (unpaired) electrons. The highest BCUT2D eigenvalue weighted by atomic mass is 32.2. The molecule has 0 spiro atoms. The molecule has 3 rings (SSSR count). The lowest BCUT2D eigenvalue weighted by Crippen LogP contribution is -1.85. The Morgan fingerprint density at radius 2 is 1.89 bits per heavy atom. The molecule has 0 saturated carbocycles. The third kappa shape index (κ3) is 2.34. The molecular formula is C13H10N4OS. The number of aromatic nitrogens is 4. The Bertz CT molecular complexity index is 684. The van der Waals surface area contributed by atoms with Crippen LogP contribution in [0.15, 0.2) is 52.3 Å². The Morgan fingerprint density at radius 1 is 1.05 bits per heavy atom. The van der Waals surface area contributed by atoms with Crippen molar-refractivity contribution in [1.29, 1.82) is 0 Å². The van der Waals surface area contributed by atoms with Crippen LogP contribution in [0, 0.1) is 0 Å². The van der Waals surface area contributed by atoms with Crippen molar-refractivity contribution in [2.24, 2.45) is 0 Å². The first-order chi connectivity index (χ1) is 9.38. The Kier molecular flexibility index (Phi) is 3.24. The van der Waals surface area contributed by atoms with Gasteiger partial charge in [0.1, 0.15) is 5.03 Å². The summed E-state index contributed by atoms with van der Waals surface area (Å²) in [6.45, 7) is 0. The van der Waals surface area contributed by atoms with Crippen molar-refractivity contribution in [1.82, 2.24) is 20.2 Å². The van der Waals surface area contributed by atoms with Crippen LogP contribution in [0.2, 0.25) is 0 Å². The van der Waals surface area contributed by atoms with Gasteiger partial charge in [0.2, 0.25) is 5.89 Å². The Morgan fingerprint density at radius 3 is 2.68 bits per heavy atom. The minimum Gasteiger partial charge on any atom is -0.416 e. The number of hydrogen-bond donors (Lipinski definition) is 0. The van der Waals surface area contributed by atoms with E-state index in [1.165, 1.54) is 0 Å². The molecule has 0 fully saturated rings. The number of rotatable bonds is 3. The van der Waals surface area contributed by atoms with E-state index in [0.29, 0.717) is 11.8 Å². The summed E-state index contributed by atoms with van der Waals surface area (Å²) in [4.78, 5) is 8.31. The van der Waals surface area contributed by atoms with Gasteiger partial charge in [-0.15, -0.1) is 22.0 Å². The highest BCUT2D eigenvalue weighted by Crippen LogP contribution is 2.28. The second kappa shape index (κ2) is 5.19. The highest BCUT2D eigenvalue weighted by Gasteiger charge is 2.13. The summed E-state index contributed by atoms with van der Waals surface area (Å²) in [5.41, 5.74) is 1.65. The molecule has 0 bridgehead atoms. The predicted octanol–water partition coefficient (Wildman–Crippen LogP) is 2.92. The van der Waals surface area contributed by atoms with Crippen molar-refractivity contribution >= 4 is 11.8 Å². The molecule has 94 valence electrons. The fraction of sp³-hybridized carbons (Fsp3) is 0.0769. The first-order valence-corrected chi connectivity index (χ1v) is 6.84. The highest BCUT2D eigenvalue weighted by molar-refractivity contribution is 7.98. The van der Waals surface area contributed by atoms with Crippen molar-refractivity contribution < 1.29 is 4.42 Å². The SMILES string of the molecule is CSc1ncccc1-c1nnc(-c2cccnc2)o1. The Balaban J connectivity index is 2.02. The van der Waals surface area contributed by atoms with Crippen molar-refractivity contribution in [3.05, 3.63) is 42.9 Å². The van der Waals surface area contributed by atoms with E-state index in [9.17, 15) is 0 Å². The van der Waals surface area contributed by atoms with Crippen molar-refractivity contribution in [3.63, 3.8) is 0 Å². The minimum atomic E-state index is 0.457. The summed E-state index contributed by atoms with van der Waals surface area (Å²) in [6.07, 6.45) is 7.10. The van der Waals surface area contributed by atoms with Crippen LogP contribution in [-0.4, -0.2) is 26.4 Å². The third-order valence-corrected chi connectivity index (χ3v) is 3.24. The van der Waals surface area contributed by atoms with Crippen LogP contribution in [0.25, 0.3) is 22.9 Å².